The van der Waals surface area contributed by atoms with Crippen LogP contribution in [0, 0.1) is 27.7 Å². The third-order valence-corrected chi connectivity index (χ3v) is 5.33. The minimum atomic E-state index is -0.0433. The number of rotatable bonds is 2. The van der Waals surface area contributed by atoms with Crippen molar-refractivity contribution >= 4 is 31.9 Å². The van der Waals surface area contributed by atoms with Crippen LogP contribution in [0.4, 0.5) is 0 Å². The smallest absolute Gasteiger partial charge is 0.248 e. The first-order chi connectivity index (χ1) is 10.3. The quantitative estimate of drug-likeness (QED) is 0.754. The van der Waals surface area contributed by atoms with Crippen LogP contribution in [0.25, 0.3) is 0 Å². The molecule has 0 atom stereocenters. The molecule has 0 aromatic carbocycles. The molecule has 0 radical (unpaired) electrons. The number of ether oxygens (including phenoxy) is 1. The van der Waals surface area contributed by atoms with Gasteiger partial charge in [-0.15, -0.1) is 0 Å². The summed E-state index contributed by atoms with van der Waals surface area (Å²) in [4.78, 5) is 17.7. The number of nitrogens with one attached hydrogen (secondary N) is 1. The molecule has 2 heterocycles. The van der Waals surface area contributed by atoms with E-state index in [1.54, 1.807) is 6.07 Å². The zero-order valence-electron chi connectivity index (χ0n) is 13.4. The molecule has 4 nitrogen and oxygen atoms in total. The summed E-state index contributed by atoms with van der Waals surface area (Å²) in [5, 5.41) is 0. The molecule has 0 aliphatic rings. The molecule has 0 bridgehead atoms. The minimum Gasteiger partial charge on any atom is -0.478 e. The molecule has 2 aromatic rings. The van der Waals surface area contributed by atoms with Crippen LogP contribution in [0.2, 0.25) is 0 Å². The fourth-order valence-electron chi connectivity index (χ4n) is 1.83. The number of aromatic nitrogens is 2. The second kappa shape index (κ2) is 8.48. The Kier molecular flexibility index (Phi) is 7.29. The summed E-state index contributed by atoms with van der Waals surface area (Å²) in [6.45, 7) is 10.4. The van der Waals surface area contributed by atoms with Gasteiger partial charge in [0.15, 0.2) is 0 Å². The Bertz CT molecular complexity index is 663. The summed E-state index contributed by atoms with van der Waals surface area (Å²) < 4.78 is 7.33. The van der Waals surface area contributed by atoms with Crippen LogP contribution in [-0.2, 0) is 0 Å². The van der Waals surface area contributed by atoms with Crippen molar-refractivity contribution in [2.24, 2.45) is 0 Å². The number of H-pyrrole nitrogens is 1. The molecule has 0 aliphatic heterocycles. The van der Waals surface area contributed by atoms with E-state index < -0.39 is 0 Å². The monoisotopic (exact) mass is 430 g/mol. The van der Waals surface area contributed by atoms with Crippen molar-refractivity contribution in [2.75, 3.05) is 6.61 Å². The third kappa shape index (κ3) is 5.25. The van der Waals surface area contributed by atoms with Gasteiger partial charge >= 0.3 is 0 Å². The van der Waals surface area contributed by atoms with E-state index >= 15 is 0 Å². The topological polar surface area (TPSA) is 55.0 Å². The third-order valence-electron chi connectivity index (χ3n) is 2.91. The second-order valence-electron chi connectivity index (χ2n) is 4.87. The Morgan fingerprint density at radius 1 is 1.09 bits per heavy atom. The van der Waals surface area contributed by atoms with Gasteiger partial charge in [-0.25, -0.2) is 4.98 Å². The van der Waals surface area contributed by atoms with E-state index in [4.69, 9.17) is 4.74 Å². The highest BCUT2D eigenvalue weighted by molar-refractivity contribution is 9.10. The maximum Gasteiger partial charge on any atom is 0.248 e. The van der Waals surface area contributed by atoms with E-state index in [2.05, 4.69) is 41.8 Å². The molecule has 22 heavy (non-hydrogen) atoms. The van der Waals surface area contributed by atoms with Crippen molar-refractivity contribution in [2.45, 2.75) is 34.6 Å². The lowest BCUT2D eigenvalue weighted by Crippen LogP contribution is -2.06. The van der Waals surface area contributed by atoms with Gasteiger partial charge in [0.1, 0.15) is 0 Å². The van der Waals surface area contributed by atoms with Crippen LogP contribution < -0.4 is 10.3 Å². The number of hydrogen-bond acceptors (Lipinski definition) is 3. The Morgan fingerprint density at radius 2 is 1.68 bits per heavy atom. The molecular formula is C16H20Br2N2O2. The zero-order valence-corrected chi connectivity index (χ0v) is 16.6. The van der Waals surface area contributed by atoms with Gasteiger partial charge in [-0.2, -0.15) is 0 Å². The summed E-state index contributed by atoms with van der Waals surface area (Å²) in [6, 6.07) is 3.50. The largest absolute Gasteiger partial charge is 0.478 e. The lowest BCUT2D eigenvalue weighted by molar-refractivity contribution is 0.326. The molecular weight excluding hydrogens is 412 g/mol. The Hall–Kier alpha value is -1.14. The molecule has 0 saturated carbocycles. The molecule has 6 heteroatoms. The van der Waals surface area contributed by atoms with Gasteiger partial charge in [-0.3, -0.25) is 4.79 Å². The fraction of sp³-hybridized carbons (Fsp3) is 0.375. The van der Waals surface area contributed by atoms with Crippen LogP contribution in [0.15, 0.2) is 25.9 Å². The average molecular weight is 432 g/mol. The zero-order chi connectivity index (χ0) is 16.9. The summed E-state index contributed by atoms with van der Waals surface area (Å²) in [7, 11) is 0. The normalized spacial score (nSPS) is 9.95. The van der Waals surface area contributed by atoms with Crippen LogP contribution in [-0.4, -0.2) is 16.6 Å². The number of nitrogens with zero attached hydrogens (tertiary/aromatic N) is 1. The van der Waals surface area contributed by atoms with E-state index in [0.717, 1.165) is 31.5 Å². The van der Waals surface area contributed by atoms with Crippen molar-refractivity contribution in [3.05, 3.63) is 53.9 Å². The first kappa shape index (κ1) is 18.9. The van der Waals surface area contributed by atoms with Crippen LogP contribution in [0.1, 0.15) is 29.4 Å². The lowest BCUT2D eigenvalue weighted by Gasteiger charge is -2.06. The highest BCUT2D eigenvalue weighted by atomic mass is 79.9. The number of hydrogen-bond donors (Lipinski definition) is 1. The maximum atomic E-state index is 10.8. The van der Waals surface area contributed by atoms with Crippen molar-refractivity contribution in [3.8, 4) is 5.88 Å². The van der Waals surface area contributed by atoms with E-state index in [1.165, 1.54) is 0 Å². The minimum absolute atomic E-state index is 0.0433. The summed E-state index contributed by atoms with van der Waals surface area (Å²) in [5.41, 5.74) is 3.94. The van der Waals surface area contributed by atoms with E-state index in [1.807, 2.05) is 40.7 Å². The first-order valence-electron chi connectivity index (χ1n) is 6.88. The molecule has 0 fully saturated rings. The standard InChI is InChI=1S/C9H12BrNO.C7H8BrNO/c1-4-12-8-5-6(2)9(10)7(3)11-8;1-4-3-6(10)9-5(2)7(4)8/h5H,4H2,1-3H3;3H,1-2H3,(H,9,10). The average Bonchev–Trinajstić information content (AvgIpc) is 2.43. The molecule has 0 amide bonds. The van der Waals surface area contributed by atoms with Gasteiger partial charge in [0.25, 0.3) is 0 Å². The maximum absolute atomic E-state index is 10.8. The fourth-order valence-corrected chi connectivity index (χ4v) is 2.25. The number of halogens is 2. The number of aryl methyl sites for hydroxylation is 4. The lowest BCUT2D eigenvalue weighted by atomic mass is 10.2. The van der Waals surface area contributed by atoms with Crippen LogP contribution in [0.5, 0.6) is 5.88 Å². The molecule has 120 valence electrons. The molecule has 0 unspecified atom stereocenters. The van der Waals surface area contributed by atoms with Crippen LogP contribution in [0.3, 0.4) is 0 Å². The van der Waals surface area contributed by atoms with E-state index in [-0.39, 0.29) is 5.56 Å². The predicted octanol–water partition coefficient (Wildman–Crippen LogP) is 4.61. The van der Waals surface area contributed by atoms with E-state index in [9.17, 15) is 4.79 Å². The van der Waals surface area contributed by atoms with Crippen molar-refractivity contribution in [1.29, 1.82) is 0 Å². The molecule has 2 aromatic heterocycles. The molecule has 1 N–H and O–H groups in total. The van der Waals surface area contributed by atoms with Crippen molar-refractivity contribution in [1.82, 2.24) is 9.97 Å². The Balaban J connectivity index is 0.000000224. The van der Waals surface area contributed by atoms with Crippen LogP contribution >= 0.6 is 31.9 Å². The number of aromatic amines is 1. The van der Waals surface area contributed by atoms with Gasteiger partial charge in [0.2, 0.25) is 11.4 Å². The Labute approximate surface area is 147 Å². The van der Waals surface area contributed by atoms with E-state index in [0.29, 0.717) is 12.5 Å². The highest BCUT2D eigenvalue weighted by Crippen LogP contribution is 2.22. The van der Waals surface area contributed by atoms with Gasteiger partial charge in [-0.05, 0) is 77.6 Å². The number of pyridine rings is 2. The second-order valence-corrected chi connectivity index (χ2v) is 6.45. The summed E-state index contributed by atoms with van der Waals surface area (Å²) >= 11 is 6.79. The molecule has 0 aliphatic carbocycles. The Morgan fingerprint density at radius 3 is 2.18 bits per heavy atom. The SMILES string of the molecule is CCOc1cc(C)c(Br)c(C)n1.Cc1cc(=O)[nH]c(C)c1Br. The van der Waals surface area contributed by atoms with Gasteiger partial charge < -0.3 is 9.72 Å². The summed E-state index contributed by atoms with van der Waals surface area (Å²) in [5.74, 6) is 0.704. The van der Waals surface area contributed by atoms with Crippen molar-refractivity contribution in [3.63, 3.8) is 0 Å². The predicted molar refractivity (Wildman–Crippen MR) is 96.8 cm³/mol. The van der Waals surface area contributed by atoms with Gasteiger partial charge in [0, 0.05) is 26.8 Å². The van der Waals surface area contributed by atoms with Gasteiger partial charge in [-0.1, -0.05) is 0 Å². The highest BCUT2D eigenvalue weighted by Gasteiger charge is 2.03. The molecule has 0 saturated heterocycles. The molecule has 2 rings (SSSR count). The van der Waals surface area contributed by atoms with Gasteiger partial charge in [0.05, 0.1) is 12.3 Å². The van der Waals surface area contributed by atoms with Crippen molar-refractivity contribution < 1.29 is 4.74 Å². The first-order valence-corrected chi connectivity index (χ1v) is 8.47. The summed E-state index contributed by atoms with van der Waals surface area (Å²) in [6.07, 6.45) is 0. The molecule has 0 spiro atoms.